The largest absolute Gasteiger partial charge is 0.435 e. The van der Waals surface area contributed by atoms with Crippen molar-refractivity contribution in [2.75, 3.05) is 20.2 Å². The van der Waals surface area contributed by atoms with Crippen LogP contribution >= 0.6 is 0 Å². The first-order valence-electron chi connectivity index (χ1n) is 9.26. The number of hydrogen-bond acceptors (Lipinski definition) is 6. The first-order chi connectivity index (χ1) is 12.6. The van der Waals surface area contributed by atoms with Crippen LogP contribution in [0.4, 0.5) is 0 Å². The molecular weight excluding hydrogens is 334 g/mol. The minimum Gasteiger partial charge on any atom is -0.435 e. The number of nitrogens with zero attached hydrogens (tertiary/aromatic N) is 4. The van der Waals surface area contributed by atoms with Crippen molar-refractivity contribution in [3.05, 3.63) is 29.0 Å². The Morgan fingerprint density at radius 1 is 1.35 bits per heavy atom. The summed E-state index contributed by atoms with van der Waals surface area (Å²) in [6, 6.07) is 0. The van der Waals surface area contributed by atoms with Gasteiger partial charge in [-0.25, -0.2) is 9.97 Å². The van der Waals surface area contributed by atoms with Crippen LogP contribution in [0.1, 0.15) is 59.5 Å². The molecule has 1 saturated heterocycles. The molecule has 1 aliphatic carbocycles. The molecule has 1 N–H and O–H groups in total. The standard InChI is InChI=1S/C18H25N5O3/c1-4-15-19-10(2)16(26-15)18(24)23-7-12(11-5-6-11)13(8-23)17-20-14(9-25-3)21-22-17/h11-13H,4-9H2,1-3H3,(H,20,21,22)/t12-,13+/m1/s1. The fourth-order valence-electron chi connectivity index (χ4n) is 3.89. The Bertz CT molecular complexity index is 795. The Morgan fingerprint density at radius 3 is 2.81 bits per heavy atom. The summed E-state index contributed by atoms with van der Waals surface area (Å²) in [7, 11) is 1.63. The third kappa shape index (κ3) is 3.13. The molecule has 1 saturated carbocycles. The summed E-state index contributed by atoms with van der Waals surface area (Å²) in [5, 5.41) is 7.33. The average molecular weight is 359 g/mol. The van der Waals surface area contributed by atoms with Gasteiger partial charge in [0, 0.05) is 32.5 Å². The van der Waals surface area contributed by atoms with E-state index >= 15 is 0 Å². The van der Waals surface area contributed by atoms with Gasteiger partial charge in [-0.3, -0.25) is 9.89 Å². The number of ether oxygens (including phenoxy) is 1. The molecule has 8 nitrogen and oxygen atoms in total. The Balaban J connectivity index is 1.55. The van der Waals surface area contributed by atoms with Gasteiger partial charge in [-0.2, -0.15) is 5.10 Å². The van der Waals surface area contributed by atoms with E-state index in [1.807, 2.05) is 18.7 Å². The summed E-state index contributed by atoms with van der Waals surface area (Å²) in [6.45, 7) is 5.55. The second kappa shape index (κ2) is 6.83. The summed E-state index contributed by atoms with van der Waals surface area (Å²) in [4.78, 5) is 23.8. The smallest absolute Gasteiger partial charge is 0.291 e. The number of aromatic amines is 1. The monoisotopic (exact) mass is 359 g/mol. The molecule has 2 aliphatic rings. The number of aromatic nitrogens is 4. The van der Waals surface area contributed by atoms with Gasteiger partial charge in [0.05, 0.1) is 5.69 Å². The van der Waals surface area contributed by atoms with Crippen LogP contribution in [-0.2, 0) is 17.8 Å². The first-order valence-corrected chi connectivity index (χ1v) is 9.26. The third-order valence-corrected chi connectivity index (χ3v) is 5.38. The van der Waals surface area contributed by atoms with Gasteiger partial charge >= 0.3 is 0 Å². The molecule has 1 aliphatic heterocycles. The number of aryl methyl sites for hydroxylation is 2. The maximum Gasteiger partial charge on any atom is 0.291 e. The third-order valence-electron chi connectivity index (χ3n) is 5.38. The minimum atomic E-state index is -0.0736. The highest BCUT2D eigenvalue weighted by molar-refractivity contribution is 5.92. The van der Waals surface area contributed by atoms with Gasteiger partial charge in [-0.1, -0.05) is 6.92 Å². The second-order valence-electron chi connectivity index (χ2n) is 7.27. The van der Waals surface area contributed by atoms with Crippen molar-refractivity contribution >= 4 is 5.91 Å². The fraction of sp³-hybridized carbons (Fsp3) is 0.667. The lowest BCUT2D eigenvalue weighted by atomic mass is 9.91. The molecule has 4 rings (SSSR count). The molecule has 3 heterocycles. The number of amides is 1. The molecule has 0 spiro atoms. The van der Waals surface area contributed by atoms with Crippen LogP contribution < -0.4 is 0 Å². The van der Waals surface area contributed by atoms with E-state index in [1.165, 1.54) is 12.8 Å². The first kappa shape index (κ1) is 17.2. The zero-order valence-electron chi connectivity index (χ0n) is 15.5. The quantitative estimate of drug-likeness (QED) is 0.848. The van der Waals surface area contributed by atoms with Crippen LogP contribution in [0.5, 0.6) is 0 Å². The molecule has 26 heavy (non-hydrogen) atoms. The van der Waals surface area contributed by atoms with Crippen LogP contribution in [0.2, 0.25) is 0 Å². The zero-order valence-corrected chi connectivity index (χ0v) is 15.5. The number of carbonyl (C=O) groups excluding carboxylic acids is 1. The minimum absolute atomic E-state index is 0.0736. The molecular formula is C18H25N5O3. The van der Waals surface area contributed by atoms with Crippen LogP contribution in [0.25, 0.3) is 0 Å². The van der Waals surface area contributed by atoms with E-state index in [0.29, 0.717) is 48.8 Å². The van der Waals surface area contributed by atoms with E-state index in [2.05, 4.69) is 20.2 Å². The van der Waals surface area contributed by atoms with Gasteiger partial charge in [0.15, 0.2) is 17.5 Å². The fourth-order valence-corrected chi connectivity index (χ4v) is 3.89. The molecule has 8 heteroatoms. The Morgan fingerprint density at radius 2 is 2.15 bits per heavy atom. The van der Waals surface area contributed by atoms with Crippen molar-refractivity contribution in [1.82, 2.24) is 25.1 Å². The van der Waals surface area contributed by atoms with Gasteiger partial charge in [0.1, 0.15) is 6.61 Å². The van der Waals surface area contributed by atoms with E-state index in [-0.39, 0.29) is 11.8 Å². The predicted octanol–water partition coefficient (Wildman–Crippen LogP) is 2.08. The summed E-state index contributed by atoms with van der Waals surface area (Å²) < 4.78 is 10.8. The Labute approximate surface area is 152 Å². The molecule has 0 aromatic carbocycles. The van der Waals surface area contributed by atoms with Crippen LogP contribution in [-0.4, -0.2) is 51.2 Å². The van der Waals surface area contributed by atoms with Crippen LogP contribution in [0.3, 0.4) is 0 Å². The number of hydrogen-bond donors (Lipinski definition) is 1. The van der Waals surface area contributed by atoms with E-state index in [4.69, 9.17) is 9.15 Å². The molecule has 140 valence electrons. The number of rotatable bonds is 6. The lowest BCUT2D eigenvalue weighted by Crippen LogP contribution is -2.29. The lowest BCUT2D eigenvalue weighted by molar-refractivity contribution is 0.0750. The molecule has 0 bridgehead atoms. The molecule has 1 amide bonds. The summed E-state index contributed by atoms with van der Waals surface area (Å²) in [5.41, 5.74) is 0.665. The van der Waals surface area contributed by atoms with E-state index in [9.17, 15) is 4.79 Å². The topological polar surface area (TPSA) is 97.1 Å². The van der Waals surface area contributed by atoms with E-state index < -0.39 is 0 Å². The maximum atomic E-state index is 13.0. The second-order valence-corrected chi connectivity index (χ2v) is 7.27. The van der Waals surface area contributed by atoms with Crippen molar-refractivity contribution in [2.45, 2.75) is 45.6 Å². The van der Waals surface area contributed by atoms with Gasteiger partial charge in [-0.05, 0) is 31.6 Å². The van der Waals surface area contributed by atoms with Crippen molar-refractivity contribution in [3.63, 3.8) is 0 Å². The van der Waals surface area contributed by atoms with Crippen molar-refractivity contribution in [2.24, 2.45) is 11.8 Å². The Kier molecular flexibility index (Phi) is 4.52. The van der Waals surface area contributed by atoms with E-state index in [0.717, 1.165) is 18.2 Å². The molecule has 2 fully saturated rings. The molecule has 0 unspecified atom stereocenters. The molecule has 2 atom stereocenters. The van der Waals surface area contributed by atoms with Gasteiger partial charge in [0.25, 0.3) is 5.91 Å². The van der Waals surface area contributed by atoms with Gasteiger partial charge in [-0.15, -0.1) is 0 Å². The average Bonchev–Trinajstić information content (AvgIpc) is 3.06. The summed E-state index contributed by atoms with van der Waals surface area (Å²) >= 11 is 0. The number of methoxy groups -OCH3 is 1. The summed E-state index contributed by atoms with van der Waals surface area (Å²) in [6.07, 6.45) is 3.13. The highest BCUT2D eigenvalue weighted by Crippen LogP contribution is 2.47. The number of likely N-dealkylation sites (tertiary alicyclic amines) is 1. The highest BCUT2D eigenvalue weighted by atomic mass is 16.5. The van der Waals surface area contributed by atoms with Crippen LogP contribution in [0, 0.1) is 18.8 Å². The number of oxazole rings is 1. The SMILES string of the molecule is CCc1nc(C)c(C(=O)N2C[C@H](c3n[nH]c(COC)n3)[C@@H](C3CC3)C2)o1. The van der Waals surface area contributed by atoms with Crippen molar-refractivity contribution in [3.8, 4) is 0 Å². The maximum absolute atomic E-state index is 13.0. The number of carbonyl (C=O) groups is 1. The zero-order chi connectivity index (χ0) is 18.3. The molecule has 0 radical (unpaired) electrons. The van der Waals surface area contributed by atoms with Gasteiger partial charge < -0.3 is 14.1 Å². The lowest BCUT2D eigenvalue weighted by Gasteiger charge is -2.14. The normalized spacial score (nSPS) is 23.0. The molecule has 2 aromatic rings. The van der Waals surface area contributed by atoms with Crippen molar-refractivity contribution in [1.29, 1.82) is 0 Å². The van der Waals surface area contributed by atoms with Crippen molar-refractivity contribution < 1.29 is 13.9 Å². The van der Waals surface area contributed by atoms with Crippen LogP contribution in [0.15, 0.2) is 4.42 Å². The van der Waals surface area contributed by atoms with E-state index in [1.54, 1.807) is 7.11 Å². The number of nitrogens with one attached hydrogen (secondary N) is 1. The number of H-pyrrole nitrogens is 1. The summed E-state index contributed by atoms with van der Waals surface area (Å²) in [5.74, 6) is 3.62. The van der Waals surface area contributed by atoms with Gasteiger partial charge in [0.2, 0.25) is 5.76 Å². The predicted molar refractivity (Wildman–Crippen MR) is 92.6 cm³/mol. The Hall–Kier alpha value is -2.22. The molecule has 2 aromatic heterocycles. The highest BCUT2D eigenvalue weighted by Gasteiger charge is 2.46.